The average Bonchev–Trinajstić information content (AvgIpc) is 2.73. The van der Waals surface area contributed by atoms with E-state index in [-0.39, 0.29) is 11.9 Å². The summed E-state index contributed by atoms with van der Waals surface area (Å²) in [4.78, 5) is 15.7. The Morgan fingerprint density at radius 2 is 2.38 bits per heavy atom. The molecule has 1 aromatic heterocycles. The summed E-state index contributed by atoms with van der Waals surface area (Å²) in [6.07, 6.45) is 4.98. The van der Waals surface area contributed by atoms with Crippen LogP contribution in [0.5, 0.6) is 0 Å². The third kappa shape index (κ3) is 2.58. The summed E-state index contributed by atoms with van der Waals surface area (Å²) in [6.45, 7) is 0.663. The average molecular weight is 219 g/mol. The van der Waals surface area contributed by atoms with Crippen LogP contribution in [-0.4, -0.2) is 23.5 Å². The third-order valence-electron chi connectivity index (χ3n) is 3.14. The highest BCUT2D eigenvalue weighted by Crippen LogP contribution is 2.22. The van der Waals surface area contributed by atoms with E-state index in [0.717, 1.165) is 12.8 Å². The fraction of sp³-hybridized carbons (Fsp3) is 0.500. The highest BCUT2D eigenvalue weighted by Gasteiger charge is 2.24. The number of hydrogen-bond donors (Lipinski definition) is 2. The number of carbonyl (C=O) groups is 1. The molecule has 2 atom stereocenters. The standard InChI is InChI=1S/C12H17N3O/c13-10-5-3-4-9(10)8-15-12(16)11-6-1-2-7-14-11/h1-2,6-7,9-10H,3-5,8,13H2,(H,15,16). The summed E-state index contributed by atoms with van der Waals surface area (Å²) in [5.74, 6) is 0.312. The molecule has 0 saturated heterocycles. The van der Waals surface area contributed by atoms with Crippen LogP contribution in [-0.2, 0) is 0 Å². The molecule has 4 nitrogen and oxygen atoms in total. The monoisotopic (exact) mass is 219 g/mol. The van der Waals surface area contributed by atoms with Gasteiger partial charge in [-0.2, -0.15) is 0 Å². The van der Waals surface area contributed by atoms with Crippen LogP contribution in [0.2, 0.25) is 0 Å². The Bertz CT molecular complexity index is 353. The van der Waals surface area contributed by atoms with E-state index >= 15 is 0 Å². The van der Waals surface area contributed by atoms with E-state index in [1.807, 2.05) is 6.07 Å². The molecule has 0 spiro atoms. The van der Waals surface area contributed by atoms with E-state index in [0.29, 0.717) is 18.2 Å². The predicted octanol–water partition coefficient (Wildman–Crippen LogP) is 0.939. The first kappa shape index (κ1) is 11.1. The van der Waals surface area contributed by atoms with E-state index in [4.69, 9.17) is 5.73 Å². The van der Waals surface area contributed by atoms with Crippen molar-refractivity contribution < 1.29 is 4.79 Å². The van der Waals surface area contributed by atoms with Gasteiger partial charge < -0.3 is 11.1 Å². The summed E-state index contributed by atoms with van der Waals surface area (Å²) in [7, 11) is 0. The van der Waals surface area contributed by atoms with Gasteiger partial charge in [-0.05, 0) is 30.9 Å². The molecule has 4 heteroatoms. The first-order chi connectivity index (χ1) is 7.77. The molecule has 1 heterocycles. The van der Waals surface area contributed by atoms with Gasteiger partial charge in [0.2, 0.25) is 0 Å². The van der Waals surface area contributed by atoms with Crippen molar-refractivity contribution in [1.82, 2.24) is 10.3 Å². The van der Waals surface area contributed by atoms with Gasteiger partial charge in [0.1, 0.15) is 5.69 Å². The van der Waals surface area contributed by atoms with Gasteiger partial charge in [-0.25, -0.2) is 0 Å². The highest BCUT2D eigenvalue weighted by molar-refractivity contribution is 5.92. The lowest BCUT2D eigenvalue weighted by Crippen LogP contribution is -2.36. The summed E-state index contributed by atoms with van der Waals surface area (Å²) in [5.41, 5.74) is 6.40. The Hall–Kier alpha value is -1.42. The van der Waals surface area contributed by atoms with Crippen molar-refractivity contribution in [3.05, 3.63) is 30.1 Å². The number of amides is 1. The highest BCUT2D eigenvalue weighted by atomic mass is 16.1. The molecule has 1 amide bonds. The molecule has 3 N–H and O–H groups in total. The Labute approximate surface area is 95.3 Å². The molecule has 1 fully saturated rings. The Morgan fingerprint density at radius 3 is 3.00 bits per heavy atom. The first-order valence-electron chi connectivity index (χ1n) is 5.72. The van der Waals surface area contributed by atoms with Crippen LogP contribution in [0.15, 0.2) is 24.4 Å². The number of nitrogens with zero attached hydrogens (tertiary/aromatic N) is 1. The lowest BCUT2D eigenvalue weighted by atomic mass is 10.0. The van der Waals surface area contributed by atoms with Crippen LogP contribution in [0, 0.1) is 5.92 Å². The minimum absolute atomic E-state index is 0.111. The number of nitrogens with one attached hydrogen (secondary N) is 1. The molecule has 1 aliphatic carbocycles. The second-order valence-electron chi connectivity index (χ2n) is 4.28. The predicted molar refractivity (Wildman–Crippen MR) is 61.9 cm³/mol. The van der Waals surface area contributed by atoms with Gasteiger partial charge in [-0.3, -0.25) is 9.78 Å². The maximum atomic E-state index is 11.7. The molecule has 2 unspecified atom stereocenters. The molecule has 1 aliphatic rings. The van der Waals surface area contributed by atoms with E-state index in [9.17, 15) is 4.79 Å². The molecule has 86 valence electrons. The van der Waals surface area contributed by atoms with Gasteiger partial charge in [0.15, 0.2) is 0 Å². The van der Waals surface area contributed by atoms with Gasteiger partial charge in [-0.1, -0.05) is 12.5 Å². The summed E-state index contributed by atoms with van der Waals surface area (Å²) in [5, 5.41) is 2.89. The van der Waals surface area contributed by atoms with Crippen LogP contribution < -0.4 is 11.1 Å². The summed E-state index contributed by atoms with van der Waals surface area (Å²) in [6, 6.07) is 5.56. The second-order valence-corrected chi connectivity index (χ2v) is 4.28. The fourth-order valence-corrected chi connectivity index (χ4v) is 2.13. The number of aromatic nitrogens is 1. The van der Waals surface area contributed by atoms with Gasteiger partial charge in [0.25, 0.3) is 5.91 Å². The molecule has 0 bridgehead atoms. The number of pyridine rings is 1. The first-order valence-corrected chi connectivity index (χ1v) is 5.72. The van der Waals surface area contributed by atoms with Gasteiger partial charge in [0, 0.05) is 18.8 Å². The van der Waals surface area contributed by atoms with Crippen LogP contribution >= 0.6 is 0 Å². The van der Waals surface area contributed by atoms with Gasteiger partial charge in [0.05, 0.1) is 0 Å². The zero-order valence-corrected chi connectivity index (χ0v) is 9.23. The molecule has 1 aromatic rings. The van der Waals surface area contributed by atoms with E-state index in [1.54, 1.807) is 18.3 Å². The Morgan fingerprint density at radius 1 is 1.50 bits per heavy atom. The lowest BCUT2D eigenvalue weighted by molar-refractivity contribution is 0.0941. The minimum Gasteiger partial charge on any atom is -0.350 e. The molecule has 0 aromatic carbocycles. The number of hydrogen-bond acceptors (Lipinski definition) is 3. The zero-order valence-electron chi connectivity index (χ0n) is 9.23. The Kier molecular flexibility index (Phi) is 3.51. The minimum atomic E-state index is -0.111. The molecule has 16 heavy (non-hydrogen) atoms. The van der Waals surface area contributed by atoms with Crippen LogP contribution in [0.1, 0.15) is 29.8 Å². The number of carbonyl (C=O) groups excluding carboxylic acids is 1. The molecule has 0 radical (unpaired) electrons. The van der Waals surface area contributed by atoms with E-state index in [2.05, 4.69) is 10.3 Å². The molecular weight excluding hydrogens is 202 g/mol. The molecule has 1 saturated carbocycles. The fourth-order valence-electron chi connectivity index (χ4n) is 2.13. The van der Waals surface area contributed by atoms with Crippen molar-refractivity contribution in [3.8, 4) is 0 Å². The number of nitrogens with two attached hydrogens (primary N) is 1. The van der Waals surface area contributed by atoms with Crippen molar-refractivity contribution in [2.45, 2.75) is 25.3 Å². The number of rotatable bonds is 3. The van der Waals surface area contributed by atoms with Crippen molar-refractivity contribution in [3.63, 3.8) is 0 Å². The topological polar surface area (TPSA) is 68.0 Å². The van der Waals surface area contributed by atoms with Crippen molar-refractivity contribution in [2.75, 3.05) is 6.54 Å². The van der Waals surface area contributed by atoms with Crippen molar-refractivity contribution in [1.29, 1.82) is 0 Å². The van der Waals surface area contributed by atoms with Crippen LogP contribution in [0.4, 0.5) is 0 Å². The lowest BCUT2D eigenvalue weighted by Gasteiger charge is -2.15. The second kappa shape index (κ2) is 5.07. The normalized spacial score (nSPS) is 24.3. The smallest absolute Gasteiger partial charge is 0.269 e. The maximum absolute atomic E-state index is 11.7. The largest absolute Gasteiger partial charge is 0.350 e. The van der Waals surface area contributed by atoms with Crippen molar-refractivity contribution in [2.24, 2.45) is 11.7 Å². The third-order valence-corrected chi connectivity index (χ3v) is 3.14. The molecular formula is C12H17N3O. The Balaban J connectivity index is 1.84. The molecule has 0 aliphatic heterocycles. The molecule has 2 rings (SSSR count). The SMILES string of the molecule is NC1CCCC1CNC(=O)c1ccccn1. The van der Waals surface area contributed by atoms with Gasteiger partial charge >= 0.3 is 0 Å². The van der Waals surface area contributed by atoms with E-state index < -0.39 is 0 Å². The van der Waals surface area contributed by atoms with E-state index in [1.165, 1.54) is 6.42 Å². The van der Waals surface area contributed by atoms with Gasteiger partial charge in [-0.15, -0.1) is 0 Å². The maximum Gasteiger partial charge on any atom is 0.269 e. The quantitative estimate of drug-likeness (QED) is 0.795. The zero-order chi connectivity index (χ0) is 11.4. The van der Waals surface area contributed by atoms with Crippen LogP contribution in [0.25, 0.3) is 0 Å². The van der Waals surface area contributed by atoms with Crippen molar-refractivity contribution >= 4 is 5.91 Å². The van der Waals surface area contributed by atoms with Crippen LogP contribution in [0.3, 0.4) is 0 Å². The summed E-state index contributed by atoms with van der Waals surface area (Å²) >= 11 is 0. The summed E-state index contributed by atoms with van der Waals surface area (Å²) < 4.78 is 0.